The van der Waals surface area contributed by atoms with E-state index < -0.39 is 0 Å². The number of thioether (sulfide) groups is 1. The molecule has 0 amide bonds. The van der Waals surface area contributed by atoms with Crippen LogP contribution >= 0.6 is 27.7 Å². The van der Waals surface area contributed by atoms with Gasteiger partial charge in [-0.15, -0.1) is 11.8 Å². The minimum Gasteiger partial charge on any atom is -0.258 e. The molecule has 0 saturated carbocycles. The van der Waals surface area contributed by atoms with Gasteiger partial charge in [0.25, 0.3) is 5.69 Å². The minimum absolute atomic E-state index is 0.153. The normalized spacial score (nSPS) is 10.1. The lowest BCUT2D eigenvalue weighted by Gasteiger charge is -2.04. The molecule has 0 aliphatic carbocycles. The standard InChI is InChI=1S/C9H10BrNO2S/c1-2-14-9-4-3-8(11(12)13)5-7(9)6-10/h3-5H,2,6H2,1H3. The van der Waals surface area contributed by atoms with Crippen molar-refractivity contribution in [3.8, 4) is 0 Å². The Morgan fingerprint density at radius 1 is 1.57 bits per heavy atom. The fourth-order valence-electron chi connectivity index (χ4n) is 1.08. The molecule has 0 spiro atoms. The monoisotopic (exact) mass is 275 g/mol. The molecule has 0 unspecified atom stereocenters. The van der Waals surface area contributed by atoms with Crippen LogP contribution in [-0.4, -0.2) is 10.7 Å². The number of halogens is 1. The van der Waals surface area contributed by atoms with E-state index in [1.165, 1.54) is 0 Å². The predicted octanol–water partition coefficient (Wildman–Crippen LogP) is 3.60. The molecule has 14 heavy (non-hydrogen) atoms. The SMILES string of the molecule is CCSc1ccc([N+](=O)[O-])cc1CBr. The second-order valence-electron chi connectivity index (χ2n) is 2.62. The summed E-state index contributed by atoms with van der Waals surface area (Å²) in [4.78, 5) is 11.3. The summed E-state index contributed by atoms with van der Waals surface area (Å²) in [6.07, 6.45) is 0. The van der Waals surface area contributed by atoms with Crippen LogP contribution in [0, 0.1) is 10.1 Å². The average molecular weight is 276 g/mol. The lowest BCUT2D eigenvalue weighted by molar-refractivity contribution is -0.385. The van der Waals surface area contributed by atoms with Crippen molar-refractivity contribution in [2.24, 2.45) is 0 Å². The summed E-state index contributed by atoms with van der Waals surface area (Å²) in [5.74, 6) is 0.970. The Morgan fingerprint density at radius 2 is 2.29 bits per heavy atom. The first-order valence-corrected chi connectivity index (χ1v) is 6.25. The molecule has 0 aliphatic heterocycles. The highest BCUT2D eigenvalue weighted by molar-refractivity contribution is 9.08. The van der Waals surface area contributed by atoms with Gasteiger partial charge in [0.1, 0.15) is 0 Å². The third kappa shape index (κ3) is 2.72. The van der Waals surface area contributed by atoms with E-state index in [9.17, 15) is 10.1 Å². The van der Waals surface area contributed by atoms with Gasteiger partial charge in [-0.3, -0.25) is 10.1 Å². The van der Waals surface area contributed by atoms with Gasteiger partial charge in [0, 0.05) is 22.4 Å². The highest BCUT2D eigenvalue weighted by Gasteiger charge is 2.09. The van der Waals surface area contributed by atoms with Crippen LogP contribution < -0.4 is 0 Å². The number of alkyl halides is 1. The first kappa shape index (κ1) is 11.5. The maximum atomic E-state index is 10.5. The third-order valence-electron chi connectivity index (χ3n) is 1.70. The summed E-state index contributed by atoms with van der Waals surface area (Å²) in [6, 6.07) is 4.97. The first-order valence-electron chi connectivity index (χ1n) is 4.15. The van der Waals surface area contributed by atoms with Crippen LogP contribution in [0.3, 0.4) is 0 Å². The molecule has 0 heterocycles. The zero-order valence-corrected chi connectivity index (χ0v) is 10.1. The largest absolute Gasteiger partial charge is 0.269 e. The van der Waals surface area contributed by atoms with Gasteiger partial charge >= 0.3 is 0 Å². The van der Waals surface area contributed by atoms with E-state index >= 15 is 0 Å². The topological polar surface area (TPSA) is 43.1 Å². The first-order chi connectivity index (χ1) is 6.69. The van der Waals surface area contributed by atoms with Gasteiger partial charge in [-0.2, -0.15) is 0 Å². The van der Waals surface area contributed by atoms with Crippen molar-refractivity contribution in [2.75, 3.05) is 5.75 Å². The van der Waals surface area contributed by atoms with Crippen LogP contribution in [0.2, 0.25) is 0 Å². The molecule has 5 heteroatoms. The van der Waals surface area contributed by atoms with Crippen LogP contribution in [0.25, 0.3) is 0 Å². The van der Waals surface area contributed by atoms with Crippen molar-refractivity contribution >= 4 is 33.4 Å². The van der Waals surface area contributed by atoms with E-state index in [1.807, 2.05) is 6.07 Å². The molecule has 0 radical (unpaired) electrons. The Labute approximate surface area is 95.2 Å². The number of hydrogen-bond acceptors (Lipinski definition) is 3. The lowest BCUT2D eigenvalue weighted by Crippen LogP contribution is -1.91. The fourth-order valence-corrected chi connectivity index (χ4v) is 2.52. The van der Waals surface area contributed by atoms with Gasteiger partial charge in [0.15, 0.2) is 0 Å². The van der Waals surface area contributed by atoms with E-state index in [-0.39, 0.29) is 10.6 Å². The van der Waals surface area contributed by atoms with Gasteiger partial charge in [0.05, 0.1) is 4.92 Å². The number of nitro groups is 1. The smallest absolute Gasteiger partial charge is 0.258 e. The summed E-state index contributed by atoms with van der Waals surface area (Å²) >= 11 is 5.02. The van der Waals surface area contributed by atoms with Gasteiger partial charge < -0.3 is 0 Å². The summed E-state index contributed by atoms with van der Waals surface area (Å²) in [5, 5.41) is 11.2. The number of hydrogen-bond donors (Lipinski definition) is 0. The van der Waals surface area contributed by atoms with E-state index in [0.29, 0.717) is 5.33 Å². The average Bonchev–Trinajstić information content (AvgIpc) is 2.18. The molecule has 0 aromatic heterocycles. The Balaban J connectivity index is 3.04. The molecular formula is C9H10BrNO2S. The number of benzene rings is 1. The molecule has 76 valence electrons. The molecule has 0 bridgehead atoms. The fraction of sp³-hybridized carbons (Fsp3) is 0.333. The zero-order chi connectivity index (χ0) is 10.6. The summed E-state index contributed by atoms with van der Waals surface area (Å²) < 4.78 is 0. The van der Waals surface area contributed by atoms with Crippen molar-refractivity contribution < 1.29 is 4.92 Å². The number of nitro benzene ring substituents is 1. The van der Waals surface area contributed by atoms with Crippen LogP contribution in [0.4, 0.5) is 5.69 Å². The van der Waals surface area contributed by atoms with E-state index in [2.05, 4.69) is 22.9 Å². The van der Waals surface area contributed by atoms with Crippen molar-refractivity contribution in [2.45, 2.75) is 17.1 Å². The Bertz CT molecular complexity index is 344. The zero-order valence-electron chi connectivity index (χ0n) is 7.70. The van der Waals surface area contributed by atoms with Gasteiger partial charge in [0.2, 0.25) is 0 Å². The molecule has 1 aromatic carbocycles. The molecule has 0 aliphatic rings. The molecule has 0 saturated heterocycles. The van der Waals surface area contributed by atoms with Crippen molar-refractivity contribution in [1.29, 1.82) is 0 Å². The highest BCUT2D eigenvalue weighted by Crippen LogP contribution is 2.27. The maximum Gasteiger partial charge on any atom is 0.269 e. The Hall–Kier alpha value is -0.550. The van der Waals surface area contributed by atoms with Crippen LogP contribution in [0.15, 0.2) is 23.1 Å². The second-order valence-corrected chi connectivity index (χ2v) is 4.48. The van der Waals surface area contributed by atoms with Crippen LogP contribution in [0.5, 0.6) is 0 Å². The molecule has 0 atom stereocenters. The molecule has 0 N–H and O–H groups in total. The van der Waals surface area contributed by atoms with Gasteiger partial charge in [-0.1, -0.05) is 22.9 Å². The predicted molar refractivity (Wildman–Crippen MR) is 62.1 cm³/mol. The quantitative estimate of drug-likeness (QED) is 0.365. The minimum atomic E-state index is -0.368. The van der Waals surface area contributed by atoms with Crippen LogP contribution in [-0.2, 0) is 5.33 Å². The lowest BCUT2D eigenvalue weighted by atomic mass is 10.2. The molecule has 0 fully saturated rings. The maximum absolute atomic E-state index is 10.5. The van der Waals surface area contributed by atoms with E-state index in [4.69, 9.17) is 0 Å². The summed E-state index contributed by atoms with van der Waals surface area (Å²) in [6.45, 7) is 2.06. The number of non-ortho nitro benzene ring substituents is 1. The molecular weight excluding hydrogens is 266 g/mol. The number of nitrogens with zero attached hydrogens (tertiary/aromatic N) is 1. The highest BCUT2D eigenvalue weighted by atomic mass is 79.9. The Morgan fingerprint density at radius 3 is 2.79 bits per heavy atom. The summed E-state index contributed by atoms with van der Waals surface area (Å²) in [5.41, 5.74) is 1.13. The number of rotatable bonds is 4. The molecule has 1 rings (SSSR count). The van der Waals surface area contributed by atoms with Crippen LogP contribution in [0.1, 0.15) is 12.5 Å². The van der Waals surface area contributed by atoms with Crippen molar-refractivity contribution in [1.82, 2.24) is 0 Å². The van der Waals surface area contributed by atoms with E-state index in [1.54, 1.807) is 23.9 Å². The second kappa shape index (κ2) is 5.36. The van der Waals surface area contributed by atoms with Gasteiger partial charge in [-0.25, -0.2) is 0 Å². The van der Waals surface area contributed by atoms with Crippen molar-refractivity contribution in [3.63, 3.8) is 0 Å². The molecule has 3 nitrogen and oxygen atoms in total. The van der Waals surface area contributed by atoms with Crippen molar-refractivity contribution in [3.05, 3.63) is 33.9 Å². The van der Waals surface area contributed by atoms with E-state index in [0.717, 1.165) is 16.2 Å². The Kier molecular flexibility index (Phi) is 4.41. The third-order valence-corrected chi connectivity index (χ3v) is 3.30. The molecule has 1 aromatic rings. The summed E-state index contributed by atoms with van der Waals surface area (Å²) in [7, 11) is 0. The van der Waals surface area contributed by atoms with Gasteiger partial charge in [-0.05, 0) is 17.4 Å².